The molecule has 0 radical (unpaired) electrons. The predicted octanol–water partition coefficient (Wildman–Crippen LogP) is 0.966. The fraction of sp³-hybridized carbons (Fsp3) is 0.818. The maximum absolute atomic E-state index is 11.9. The van der Waals surface area contributed by atoms with Gasteiger partial charge in [-0.3, -0.25) is 0 Å². The molecule has 1 unspecified atom stereocenters. The summed E-state index contributed by atoms with van der Waals surface area (Å²) >= 11 is 0. The Labute approximate surface area is 98.6 Å². The molecular weight excluding hydrogens is 224 g/mol. The van der Waals surface area contributed by atoms with Crippen LogP contribution < -0.4 is 4.72 Å². The van der Waals surface area contributed by atoms with Crippen LogP contribution in [0.25, 0.3) is 0 Å². The minimum absolute atomic E-state index is 0.428. The van der Waals surface area contributed by atoms with Gasteiger partial charge in [-0.15, -0.1) is 12.3 Å². The van der Waals surface area contributed by atoms with Crippen LogP contribution in [0.15, 0.2) is 0 Å². The Balaban J connectivity index is 2.41. The van der Waals surface area contributed by atoms with Gasteiger partial charge in [0, 0.05) is 26.1 Å². The molecule has 1 N–H and O–H groups in total. The summed E-state index contributed by atoms with van der Waals surface area (Å²) in [6, 6.07) is 0. The van der Waals surface area contributed by atoms with Gasteiger partial charge in [-0.05, 0) is 25.2 Å². The molecule has 0 amide bonds. The Kier molecular flexibility index (Phi) is 5.26. The van der Waals surface area contributed by atoms with Gasteiger partial charge in [0.05, 0.1) is 0 Å². The fourth-order valence-electron chi connectivity index (χ4n) is 1.85. The van der Waals surface area contributed by atoms with Crippen molar-refractivity contribution in [3.63, 3.8) is 0 Å². The van der Waals surface area contributed by atoms with Gasteiger partial charge < -0.3 is 0 Å². The zero-order valence-electron chi connectivity index (χ0n) is 9.78. The first kappa shape index (κ1) is 13.5. The quantitative estimate of drug-likeness (QED) is 0.578. The number of nitrogens with zero attached hydrogens (tertiary/aromatic N) is 1. The third kappa shape index (κ3) is 4.12. The molecule has 4 nitrogen and oxygen atoms in total. The molecule has 1 heterocycles. The average Bonchev–Trinajstić information content (AvgIpc) is 2.24. The first-order valence-electron chi connectivity index (χ1n) is 5.74. The van der Waals surface area contributed by atoms with E-state index in [1.165, 1.54) is 4.31 Å². The number of nitrogens with one attached hydrogen (secondary N) is 1. The summed E-state index contributed by atoms with van der Waals surface area (Å²) in [6.07, 6.45) is 8.47. The van der Waals surface area contributed by atoms with Crippen LogP contribution in [0.5, 0.6) is 0 Å². The summed E-state index contributed by atoms with van der Waals surface area (Å²) in [5.41, 5.74) is 0. The first-order chi connectivity index (χ1) is 7.56. The highest BCUT2D eigenvalue weighted by atomic mass is 32.2. The Hall–Kier alpha value is -0.570. The van der Waals surface area contributed by atoms with E-state index in [1.807, 2.05) is 0 Å². The molecule has 0 bridgehead atoms. The summed E-state index contributed by atoms with van der Waals surface area (Å²) in [7, 11) is -3.28. The van der Waals surface area contributed by atoms with E-state index >= 15 is 0 Å². The smallest absolute Gasteiger partial charge is 0.202 e. The lowest BCUT2D eigenvalue weighted by Gasteiger charge is -2.29. The van der Waals surface area contributed by atoms with Gasteiger partial charge in [0.15, 0.2) is 0 Å². The van der Waals surface area contributed by atoms with Gasteiger partial charge in [0.1, 0.15) is 0 Å². The average molecular weight is 244 g/mol. The van der Waals surface area contributed by atoms with Crippen LogP contribution in [0.1, 0.15) is 32.6 Å². The van der Waals surface area contributed by atoms with Crippen molar-refractivity contribution in [2.75, 3.05) is 19.6 Å². The number of hydrogen-bond donors (Lipinski definition) is 1. The van der Waals surface area contributed by atoms with E-state index in [4.69, 9.17) is 6.42 Å². The van der Waals surface area contributed by atoms with Crippen molar-refractivity contribution in [2.45, 2.75) is 32.6 Å². The minimum atomic E-state index is -3.28. The second-order valence-electron chi connectivity index (χ2n) is 4.31. The molecule has 0 aliphatic carbocycles. The molecule has 1 aliphatic rings. The van der Waals surface area contributed by atoms with Crippen molar-refractivity contribution in [3.05, 3.63) is 0 Å². The van der Waals surface area contributed by atoms with Gasteiger partial charge >= 0.3 is 0 Å². The molecule has 0 spiro atoms. The molecule has 5 heteroatoms. The molecule has 0 aromatic carbocycles. The van der Waals surface area contributed by atoms with Crippen molar-refractivity contribution < 1.29 is 8.42 Å². The molecule has 1 atom stereocenters. The zero-order chi connectivity index (χ0) is 12.0. The van der Waals surface area contributed by atoms with Crippen molar-refractivity contribution >= 4 is 10.2 Å². The lowest BCUT2D eigenvalue weighted by molar-refractivity contribution is 0.278. The van der Waals surface area contributed by atoms with Crippen molar-refractivity contribution in [3.8, 4) is 12.3 Å². The standard InChI is InChI=1S/C11H20N2O2S/c1-3-4-5-8-12-16(14,15)13-9-6-7-11(2)10-13/h1,11-12H,4-10H2,2H3. The molecule has 16 heavy (non-hydrogen) atoms. The van der Waals surface area contributed by atoms with Gasteiger partial charge in [0.2, 0.25) is 0 Å². The lowest BCUT2D eigenvalue weighted by atomic mass is 10.0. The number of unbranched alkanes of at least 4 members (excludes halogenated alkanes) is 1. The van der Waals surface area contributed by atoms with Gasteiger partial charge in [-0.2, -0.15) is 12.7 Å². The Morgan fingerprint density at radius 3 is 2.94 bits per heavy atom. The second kappa shape index (κ2) is 6.24. The van der Waals surface area contributed by atoms with Crippen molar-refractivity contribution in [2.24, 2.45) is 5.92 Å². The second-order valence-corrected chi connectivity index (χ2v) is 6.07. The Morgan fingerprint density at radius 1 is 1.56 bits per heavy atom. The molecule has 0 aromatic heterocycles. The largest absolute Gasteiger partial charge is 0.279 e. The zero-order valence-corrected chi connectivity index (χ0v) is 10.6. The van der Waals surface area contributed by atoms with Crippen molar-refractivity contribution in [1.29, 1.82) is 0 Å². The SMILES string of the molecule is C#CCCCNS(=O)(=O)N1CCCC(C)C1. The first-order valence-corrected chi connectivity index (χ1v) is 7.18. The highest BCUT2D eigenvalue weighted by Crippen LogP contribution is 2.17. The lowest BCUT2D eigenvalue weighted by Crippen LogP contribution is -2.45. The monoisotopic (exact) mass is 244 g/mol. The van der Waals surface area contributed by atoms with Crippen LogP contribution in [0.4, 0.5) is 0 Å². The summed E-state index contributed by atoms with van der Waals surface area (Å²) in [5, 5.41) is 0. The minimum Gasteiger partial charge on any atom is -0.202 e. The van der Waals surface area contributed by atoms with Gasteiger partial charge in [0.25, 0.3) is 10.2 Å². The summed E-state index contributed by atoms with van der Waals surface area (Å²) in [5.74, 6) is 2.95. The molecule has 1 saturated heterocycles. The topological polar surface area (TPSA) is 49.4 Å². The normalized spacial score (nSPS) is 22.9. The van der Waals surface area contributed by atoms with Crippen LogP contribution in [-0.2, 0) is 10.2 Å². The number of rotatable bonds is 5. The maximum atomic E-state index is 11.9. The van der Waals surface area contributed by atoms with E-state index in [-0.39, 0.29) is 0 Å². The van der Waals surface area contributed by atoms with Crippen LogP contribution in [0, 0.1) is 18.3 Å². The van der Waals surface area contributed by atoms with Crippen LogP contribution >= 0.6 is 0 Å². The molecule has 1 fully saturated rings. The fourth-order valence-corrected chi connectivity index (χ4v) is 3.25. The van der Waals surface area contributed by atoms with Crippen LogP contribution in [0.2, 0.25) is 0 Å². The summed E-state index contributed by atoms with van der Waals surface area (Å²) < 4.78 is 27.8. The molecule has 1 aliphatic heterocycles. The molecule has 1 rings (SSSR count). The number of terminal acetylenes is 1. The van der Waals surface area contributed by atoms with Crippen LogP contribution in [0.3, 0.4) is 0 Å². The summed E-state index contributed by atoms with van der Waals surface area (Å²) in [6.45, 7) is 3.77. The van der Waals surface area contributed by atoms with Gasteiger partial charge in [-0.25, -0.2) is 4.72 Å². The Bertz CT molecular complexity index is 345. The highest BCUT2D eigenvalue weighted by Gasteiger charge is 2.26. The number of hydrogen-bond acceptors (Lipinski definition) is 2. The third-order valence-electron chi connectivity index (χ3n) is 2.74. The highest BCUT2D eigenvalue weighted by molar-refractivity contribution is 7.87. The number of piperidine rings is 1. The Morgan fingerprint density at radius 2 is 2.31 bits per heavy atom. The predicted molar refractivity (Wildman–Crippen MR) is 65.0 cm³/mol. The van der Waals surface area contributed by atoms with E-state index in [0.717, 1.165) is 12.8 Å². The van der Waals surface area contributed by atoms with Crippen molar-refractivity contribution in [1.82, 2.24) is 9.03 Å². The van der Waals surface area contributed by atoms with E-state index < -0.39 is 10.2 Å². The van der Waals surface area contributed by atoms with Gasteiger partial charge in [-0.1, -0.05) is 6.92 Å². The van der Waals surface area contributed by atoms with E-state index in [1.54, 1.807) is 0 Å². The van der Waals surface area contributed by atoms with E-state index in [2.05, 4.69) is 17.6 Å². The third-order valence-corrected chi connectivity index (χ3v) is 4.32. The summed E-state index contributed by atoms with van der Waals surface area (Å²) in [4.78, 5) is 0. The molecule has 92 valence electrons. The van der Waals surface area contributed by atoms with E-state index in [9.17, 15) is 8.42 Å². The van der Waals surface area contributed by atoms with E-state index in [0.29, 0.717) is 38.4 Å². The molecule has 0 saturated carbocycles. The maximum Gasteiger partial charge on any atom is 0.279 e. The molecular formula is C11H20N2O2S. The van der Waals surface area contributed by atoms with Crippen LogP contribution in [-0.4, -0.2) is 32.4 Å². The molecule has 0 aromatic rings.